The minimum atomic E-state index is -1.99. The van der Waals surface area contributed by atoms with E-state index in [0.29, 0.717) is 22.6 Å². The van der Waals surface area contributed by atoms with Gasteiger partial charge in [-0.25, -0.2) is 4.79 Å². The standard InChI is InChI=1S/C27H40O6/c1-7-9-25(6)19-10-16(5)26-12-15(4)21(29)27(26,32)23(33-24(31)14(3)8-2)17(13-28)11-18(20(19)25)22(26)30/h8,11-12,16,18-23,28-30,32H,7,9-10,13H2,1-6H3. The van der Waals surface area contributed by atoms with Gasteiger partial charge in [-0.3, -0.25) is 0 Å². The van der Waals surface area contributed by atoms with Crippen LogP contribution in [0.15, 0.2) is 34.9 Å². The Morgan fingerprint density at radius 3 is 2.58 bits per heavy atom. The number of aliphatic hydroxyl groups excluding tert-OH is 3. The normalized spacial score (nSPS) is 48.7. The third kappa shape index (κ3) is 3.03. The molecule has 0 heterocycles. The van der Waals surface area contributed by atoms with E-state index in [1.54, 1.807) is 26.8 Å². The molecule has 0 aromatic carbocycles. The van der Waals surface area contributed by atoms with Crippen molar-refractivity contribution in [2.45, 2.75) is 84.7 Å². The van der Waals surface area contributed by atoms with Gasteiger partial charge in [-0.05, 0) is 67.9 Å². The maximum Gasteiger partial charge on any atom is 0.334 e. The molecule has 1 spiro atoms. The highest BCUT2D eigenvalue weighted by Crippen LogP contribution is 2.74. The van der Waals surface area contributed by atoms with E-state index in [4.69, 9.17) is 4.74 Å². The zero-order chi connectivity index (χ0) is 24.5. The summed E-state index contributed by atoms with van der Waals surface area (Å²) < 4.78 is 5.86. The molecule has 4 aliphatic rings. The monoisotopic (exact) mass is 460 g/mol. The molecule has 2 fully saturated rings. The number of esters is 1. The van der Waals surface area contributed by atoms with E-state index in [0.717, 1.165) is 19.3 Å². The van der Waals surface area contributed by atoms with Gasteiger partial charge in [0.25, 0.3) is 0 Å². The SMILES string of the molecule is CC=C(C)C(=O)OC1C(CO)=CC2C3C(CC(C)C4(C=C(C)C(O)C14O)C2O)C3(C)CCC. The lowest BCUT2D eigenvalue weighted by molar-refractivity contribution is -0.224. The summed E-state index contributed by atoms with van der Waals surface area (Å²) in [6, 6.07) is 0. The molecule has 2 saturated carbocycles. The Bertz CT molecular complexity index is 920. The zero-order valence-corrected chi connectivity index (χ0v) is 20.7. The molecule has 0 aliphatic heterocycles. The highest BCUT2D eigenvalue weighted by molar-refractivity contribution is 5.88. The Morgan fingerprint density at radius 1 is 1.33 bits per heavy atom. The number of fused-ring (bicyclic) bond motifs is 3. The van der Waals surface area contributed by atoms with E-state index in [1.165, 1.54) is 0 Å². The fourth-order valence-corrected chi connectivity index (χ4v) is 7.91. The first kappa shape index (κ1) is 24.6. The van der Waals surface area contributed by atoms with Crippen molar-refractivity contribution in [2.75, 3.05) is 6.61 Å². The molecule has 184 valence electrons. The maximum atomic E-state index is 12.8. The number of carbonyl (C=O) groups is 1. The van der Waals surface area contributed by atoms with Gasteiger partial charge < -0.3 is 25.2 Å². The number of rotatable bonds is 5. The smallest absolute Gasteiger partial charge is 0.334 e. The van der Waals surface area contributed by atoms with Crippen molar-refractivity contribution in [1.29, 1.82) is 0 Å². The predicted molar refractivity (Wildman–Crippen MR) is 125 cm³/mol. The minimum absolute atomic E-state index is 0.0828. The van der Waals surface area contributed by atoms with Crippen molar-refractivity contribution in [3.8, 4) is 0 Å². The van der Waals surface area contributed by atoms with E-state index in [-0.39, 0.29) is 23.2 Å². The highest BCUT2D eigenvalue weighted by atomic mass is 16.6. The summed E-state index contributed by atoms with van der Waals surface area (Å²) in [7, 11) is 0. The molecule has 6 nitrogen and oxygen atoms in total. The van der Waals surface area contributed by atoms with Crippen LogP contribution in [0.3, 0.4) is 0 Å². The van der Waals surface area contributed by atoms with Crippen LogP contribution in [0, 0.1) is 34.5 Å². The fourth-order valence-electron chi connectivity index (χ4n) is 7.91. The molecule has 10 unspecified atom stereocenters. The van der Waals surface area contributed by atoms with Crippen molar-refractivity contribution < 1.29 is 30.0 Å². The maximum absolute atomic E-state index is 12.8. The topological polar surface area (TPSA) is 107 Å². The van der Waals surface area contributed by atoms with Crippen LogP contribution in [-0.2, 0) is 9.53 Å². The van der Waals surface area contributed by atoms with Crippen LogP contribution >= 0.6 is 0 Å². The second kappa shape index (κ2) is 8.04. The third-order valence-electron chi connectivity index (χ3n) is 9.73. The first-order valence-corrected chi connectivity index (χ1v) is 12.4. The van der Waals surface area contributed by atoms with Crippen molar-refractivity contribution in [1.82, 2.24) is 0 Å². The molecule has 4 rings (SSSR count). The van der Waals surface area contributed by atoms with Crippen molar-refractivity contribution in [2.24, 2.45) is 34.5 Å². The Morgan fingerprint density at radius 2 is 2.00 bits per heavy atom. The number of carbonyl (C=O) groups excluding carboxylic acids is 1. The molecule has 0 aromatic rings. The van der Waals surface area contributed by atoms with Crippen molar-refractivity contribution >= 4 is 5.97 Å². The fraction of sp³-hybridized carbons (Fsp3) is 0.741. The summed E-state index contributed by atoms with van der Waals surface area (Å²) in [4.78, 5) is 12.8. The second-order valence-corrected chi connectivity index (χ2v) is 11.3. The van der Waals surface area contributed by atoms with Crippen LogP contribution < -0.4 is 0 Å². The molecule has 0 amide bonds. The zero-order valence-electron chi connectivity index (χ0n) is 20.7. The first-order valence-electron chi connectivity index (χ1n) is 12.4. The summed E-state index contributed by atoms with van der Waals surface area (Å²) in [5.41, 5.74) is -1.83. The van der Waals surface area contributed by atoms with Crippen LogP contribution in [-0.4, -0.2) is 56.9 Å². The molecule has 4 N–H and O–H groups in total. The lowest BCUT2D eigenvalue weighted by Gasteiger charge is -2.52. The number of aliphatic hydroxyl groups is 4. The Hall–Kier alpha value is -1.47. The predicted octanol–water partition coefficient (Wildman–Crippen LogP) is 2.90. The molecule has 33 heavy (non-hydrogen) atoms. The van der Waals surface area contributed by atoms with E-state index in [9.17, 15) is 25.2 Å². The summed E-state index contributed by atoms with van der Waals surface area (Å²) in [5, 5.41) is 46.1. The molecular formula is C27H40O6. The van der Waals surface area contributed by atoms with Gasteiger partial charge >= 0.3 is 5.97 Å². The van der Waals surface area contributed by atoms with E-state index < -0.39 is 41.9 Å². The van der Waals surface area contributed by atoms with Crippen LogP contribution in [0.2, 0.25) is 0 Å². The van der Waals surface area contributed by atoms with E-state index in [1.807, 2.05) is 19.1 Å². The van der Waals surface area contributed by atoms with Gasteiger partial charge in [-0.2, -0.15) is 0 Å². The van der Waals surface area contributed by atoms with Gasteiger partial charge in [0.15, 0.2) is 6.10 Å². The lowest BCUT2D eigenvalue weighted by Crippen LogP contribution is -2.67. The van der Waals surface area contributed by atoms with Crippen molar-refractivity contribution in [3.05, 3.63) is 34.9 Å². The average molecular weight is 461 g/mol. The van der Waals surface area contributed by atoms with E-state index in [2.05, 4.69) is 13.8 Å². The summed E-state index contributed by atoms with van der Waals surface area (Å²) in [5.74, 6) is -0.498. The van der Waals surface area contributed by atoms with Gasteiger partial charge in [0.05, 0.1) is 18.1 Å². The molecule has 4 aliphatic carbocycles. The molecule has 0 radical (unpaired) electrons. The number of hydrogen-bond donors (Lipinski definition) is 4. The average Bonchev–Trinajstić information content (AvgIpc) is 3.31. The van der Waals surface area contributed by atoms with Gasteiger partial charge in [-0.1, -0.05) is 45.4 Å². The van der Waals surface area contributed by atoms with Crippen LogP contribution in [0.1, 0.15) is 60.8 Å². The van der Waals surface area contributed by atoms with Gasteiger partial charge in [-0.15, -0.1) is 0 Å². The summed E-state index contributed by atoms with van der Waals surface area (Å²) in [6.45, 7) is 11.1. The molecule has 2 bridgehead atoms. The number of allylic oxidation sites excluding steroid dienone is 1. The first-order chi connectivity index (χ1) is 15.4. The molecule has 0 aromatic heterocycles. The Balaban J connectivity index is 1.93. The van der Waals surface area contributed by atoms with Gasteiger partial charge in [0.1, 0.15) is 11.7 Å². The second-order valence-electron chi connectivity index (χ2n) is 11.3. The summed E-state index contributed by atoms with van der Waals surface area (Å²) in [6.07, 6.45) is 4.63. The van der Waals surface area contributed by atoms with Gasteiger partial charge in [0, 0.05) is 11.5 Å². The minimum Gasteiger partial charge on any atom is -0.451 e. The van der Waals surface area contributed by atoms with Crippen molar-refractivity contribution in [3.63, 3.8) is 0 Å². The van der Waals surface area contributed by atoms with Crippen LogP contribution in [0.25, 0.3) is 0 Å². The number of hydrogen-bond acceptors (Lipinski definition) is 6. The molecule has 6 heteroatoms. The lowest BCUT2D eigenvalue weighted by atomic mass is 9.58. The number of ether oxygens (including phenoxy) is 1. The Labute approximate surface area is 197 Å². The van der Waals surface area contributed by atoms with E-state index >= 15 is 0 Å². The van der Waals surface area contributed by atoms with Crippen LogP contribution in [0.4, 0.5) is 0 Å². The molecule has 0 saturated heterocycles. The quantitative estimate of drug-likeness (QED) is 0.286. The Kier molecular flexibility index (Phi) is 6.01. The van der Waals surface area contributed by atoms with Gasteiger partial charge in [0.2, 0.25) is 0 Å². The van der Waals surface area contributed by atoms with Crippen LogP contribution in [0.5, 0.6) is 0 Å². The largest absolute Gasteiger partial charge is 0.451 e. The molecular weight excluding hydrogens is 420 g/mol. The third-order valence-corrected chi connectivity index (χ3v) is 9.73. The highest BCUT2D eigenvalue weighted by Gasteiger charge is 2.76. The molecule has 10 atom stereocenters. The summed E-state index contributed by atoms with van der Waals surface area (Å²) >= 11 is 0.